The summed E-state index contributed by atoms with van der Waals surface area (Å²) >= 11 is 0. The van der Waals surface area contributed by atoms with Crippen molar-refractivity contribution in [3.05, 3.63) is 54.0 Å². The van der Waals surface area contributed by atoms with Crippen molar-refractivity contribution in [2.24, 2.45) is 0 Å². The third kappa shape index (κ3) is 3.54. The predicted octanol–water partition coefficient (Wildman–Crippen LogP) is 3.55. The molecular formula is C17H12F3N5O2. The van der Waals surface area contributed by atoms with Gasteiger partial charge in [0.2, 0.25) is 5.95 Å². The van der Waals surface area contributed by atoms with Crippen LogP contribution in [-0.4, -0.2) is 28.4 Å². The van der Waals surface area contributed by atoms with E-state index in [1.807, 2.05) is 0 Å². The number of nitrogens with one attached hydrogen (secondary N) is 2. The molecule has 3 aromatic rings. The molecule has 10 heteroatoms. The molecule has 0 aliphatic carbocycles. The fourth-order valence-corrected chi connectivity index (χ4v) is 2.43. The van der Waals surface area contributed by atoms with Crippen molar-refractivity contribution in [1.29, 1.82) is 0 Å². The van der Waals surface area contributed by atoms with Crippen molar-refractivity contribution >= 4 is 23.1 Å². The number of rotatable bonds is 4. The molecule has 0 amide bonds. The molecule has 0 fully saturated rings. The SMILES string of the molecule is Fc1ccc(Nc2cnnc(Nc3ccc4c(c3)OCCO4)n2)c(F)c1F. The summed E-state index contributed by atoms with van der Waals surface area (Å²) in [6.07, 6.45) is 1.22. The molecule has 0 saturated heterocycles. The molecule has 1 aliphatic heterocycles. The average Bonchev–Trinajstić information content (AvgIpc) is 2.69. The first kappa shape index (κ1) is 16.9. The normalized spacial score (nSPS) is 12.6. The van der Waals surface area contributed by atoms with Crippen LogP contribution >= 0.6 is 0 Å². The second-order valence-electron chi connectivity index (χ2n) is 5.50. The average molecular weight is 375 g/mol. The molecule has 27 heavy (non-hydrogen) atoms. The van der Waals surface area contributed by atoms with E-state index in [9.17, 15) is 13.2 Å². The van der Waals surface area contributed by atoms with E-state index in [1.54, 1.807) is 18.2 Å². The minimum atomic E-state index is -1.57. The lowest BCUT2D eigenvalue weighted by atomic mass is 10.2. The number of nitrogens with zero attached hydrogens (tertiary/aromatic N) is 3. The Bertz CT molecular complexity index is 1000. The first-order valence-corrected chi connectivity index (χ1v) is 7.87. The summed E-state index contributed by atoms with van der Waals surface area (Å²) in [4.78, 5) is 4.12. The minimum absolute atomic E-state index is 0.0925. The molecule has 138 valence electrons. The van der Waals surface area contributed by atoms with E-state index >= 15 is 0 Å². The fourth-order valence-electron chi connectivity index (χ4n) is 2.43. The first-order valence-electron chi connectivity index (χ1n) is 7.87. The van der Waals surface area contributed by atoms with Crippen molar-refractivity contribution < 1.29 is 22.6 Å². The zero-order valence-electron chi connectivity index (χ0n) is 13.7. The zero-order chi connectivity index (χ0) is 18.8. The highest BCUT2D eigenvalue weighted by Crippen LogP contribution is 2.33. The van der Waals surface area contributed by atoms with Gasteiger partial charge < -0.3 is 20.1 Å². The van der Waals surface area contributed by atoms with Gasteiger partial charge in [0, 0.05) is 11.8 Å². The number of hydrogen-bond donors (Lipinski definition) is 2. The lowest BCUT2D eigenvalue weighted by Gasteiger charge is -2.19. The number of halogens is 3. The lowest BCUT2D eigenvalue weighted by molar-refractivity contribution is 0.171. The maximum Gasteiger partial charge on any atom is 0.249 e. The van der Waals surface area contributed by atoms with Crippen LogP contribution in [0.4, 0.5) is 36.3 Å². The van der Waals surface area contributed by atoms with Crippen molar-refractivity contribution in [2.45, 2.75) is 0 Å². The molecular weight excluding hydrogens is 363 g/mol. The van der Waals surface area contributed by atoms with Crippen LogP contribution in [0.5, 0.6) is 11.5 Å². The second kappa shape index (κ2) is 6.98. The highest BCUT2D eigenvalue weighted by Gasteiger charge is 2.15. The Balaban J connectivity index is 1.54. The quantitative estimate of drug-likeness (QED) is 0.675. The van der Waals surface area contributed by atoms with Crippen LogP contribution in [0.2, 0.25) is 0 Å². The van der Waals surface area contributed by atoms with E-state index in [1.165, 1.54) is 6.20 Å². The van der Waals surface area contributed by atoms with Crippen molar-refractivity contribution in [1.82, 2.24) is 15.2 Å². The molecule has 0 bridgehead atoms. The van der Waals surface area contributed by atoms with Crippen LogP contribution in [0.25, 0.3) is 0 Å². The minimum Gasteiger partial charge on any atom is -0.486 e. The Labute approximate surface area is 151 Å². The lowest BCUT2D eigenvalue weighted by Crippen LogP contribution is -2.15. The predicted molar refractivity (Wildman–Crippen MR) is 90.1 cm³/mol. The largest absolute Gasteiger partial charge is 0.486 e. The smallest absolute Gasteiger partial charge is 0.249 e. The van der Waals surface area contributed by atoms with Gasteiger partial charge in [-0.3, -0.25) is 0 Å². The van der Waals surface area contributed by atoms with Gasteiger partial charge in [-0.2, -0.15) is 10.1 Å². The Kier molecular flexibility index (Phi) is 4.37. The number of benzene rings is 2. The summed E-state index contributed by atoms with van der Waals surface area (Å²) in [6, 6.07) is 7.06. The fraction of sp³-hybridized carbons (Fsp3) is 0.118. The number of hydrogen-bond acceptors (Lipinski definition) is 7. The number of anilines is 4. The first-order chi connectivity index (χ1) is 13.1. The van der Waals surface area contributed by atoms with Crippen LogP contribution in [0.1, 0.15) is 0 Å². The van der Waals surface area contributed by atoms with Gasteiger partial charge in [-0.15, -0.1) is 5.10 Å². The molecule has 1 aliphatic rings. The summed E-state index contributed by atoms with van der Waals surface area (Å²) in [6.45, 7) is 0.939. The molecule has 0 radical (unpaired) electrons. The van der Waals surface area contributed by atoms with Gasteiger partial charge in [0.1, 0.15) is 13.2 Å². The van der Waals surface area contributed by atoms with E-state index in [0.29, 0.717) is 30.4 Å². The van der Waals surface area contributed by atoms with Crippen LogP contribution < -0.4 is 20.1 Å². The summed E-state index contributed by atoms with van der Waals surface area (Å²) in [5.74, 6) is -2.78. The standard InChI is InChI=1S/C17H12F3N5O2/c18-10-2-3-11(16(20)15(10)19)23-14-8-21-25-17(24-14)22-9-1-4-12-13(7-9)27-6-5-26-12/h1-4,7-8H,5-6H2,(H2,22,23,24,25). The Morgan fingerprint density at radius 1 is 0.889 bits per heavy atom. The summed E-state index contributed by atoms with van der Waals surface area (Å²) in [5, 5.41) is 13.0. The third-order valence-electron chi connectivity index (χ3n) is 3.66. The van der Waals surface area contributed by atoms with E-state index in [0.717, 1.165) is 12.1 Å². The van der Waals surface area contributed by atoms with Crippen LogP contribution in [-0.2, 0) is 0 Å². The Hall–Kier alpha value is -3.56. The van der Waals surface area contributed by atoms with Crippen molar-refractivity contribution in [3.8, 4) is 11.5 Å². The molecule has 7 nitrogen and oxygen atoms in total. The van der Waals surface area contributed by atoms with E-state index in [2.05, 4.69) is 25.8 Å². The van der Waals surface area contributed by atoms with Crippen LogP contribution in [0, 0.1) is 17.5 Å². The molecule has 0 unspecified atom stereocenters. The number of fused-ring (bicyclic) bond motifs is 1. The van der Waals surface area contributed by atoms with Gasteiger partial charge in [0.15, 0.2) is 34.8 Å². The molecule has 0 atom stereocenters. The summed E-state index contributed by atoms with van der Waals surface area (Å²) in [7, 11) is 0. The highest BCUT2D eigenvalue weighted by atomic mass is 19.2. The van der Waals surface area contributed by atoms with Crippen LogP contribution in [0.3, 0.4) is 0 Å². The monoisotopic (exact) mass is 375 g/mol. The highest BCUT2D eigenvalue weighted by molar-refractivity contribution is 5.62. The zero-order valence-corrected chi connectivity index (χ0v) is 13.7. The van der Waals surface area contributed by atoms with Gasteiger partial charge in [0.05, 0.1) is 11.9 Å². The number of ether oxygens (including phenoxy) is 2. The summed E-state index contributed by atoms with van der Waals surface area (Å²) < 4.78 is 51.1. The van der Waals surface area contributed by atoms with Crippen molar-refractivity contribution in [3.63, 3.8) is 0 Å². The molecule has 2 aromatic carbocycles. The van der Waals surface area contributed by atoms with Gasteiger partial charge in [-0.25, -0.2) is 13.2 Å². The second-order valence-corrected chi connectivity index (χ2v) is 5.50. The molecule has 1 aromatic heterocycles. The van der Waals surface area contributed by atoms with Gasteiger partial charge in [-0.05, 0) is 24.3 Å². The maximum absolute atomic E-state index is 13.8. The molecule has 2 N–H and O–H groups in total. The van der Waals surface area contributed by atoms with Crippen LogP contribution in [0.15, 0.2) is 36.5 Å². The maximum atomic E-state index is 13.8. The molecule has 4 rings (SSSR count). The Morgan fingerprint density at radius 2 is 1.70 bits per heavy atom. The van der Waals surface area contributed by atoms with Gasteiger partial charge >= 0.3 is 0 Å². The third-order valence-corrected chi connectivity index (χ3v) is 3.66. The van der Waals surface area contributed by atoms with Crippen molar-refractivity contribution in [2.75, 3.05) is 23.8 Å². The number of aromatic nitrogens is 3. The molecule has 2 heterocycles. The van der Waals surface area contributed by atoms with E-state index in [-0.39, 0.29) is 17.5 Å². The Morgan fingerprint density at radius 3 is 2.56 bits per heavy atom. The topological polar surface area (TPSA) is 81.2 Å². The van der Waals surface area contributed by atoms with E-state index < -0.39 is 17.5 Å². The molecule has 0 spiro atoms. The van der Waals surface area contributed by atoms with E-state index in [4.69, 9.17) is 9.47 Å². The molecule has 0 saturated carbocycles. The summed E-state index contributed by atoms with van der Waals surface area (Å²) in [5.41, 5.74) is 0.344. The van der Waals surface area contributed by atoms with Gasteiger partial charge in [-0.1, -0.05) is 0 Å². The van der Waals surface area contributed by atoms with Gasteiger partial charge in [0.25, 0.3) is 0 Å².